The summed E-state index contributed by atoms with van der Waals surface area (Å²) in [6, 6.07) is -0.870. The van der Waals surface area contributed by atoms with Crippen molar-refractivity contribution in [1.29, 1.82) is 0 Å². The minimum Gasteiger partial charge on any atom is -0.387 e. The Morgan fingerprint density at radius 2 is 0.829 bits per heavy atom. The molecule has 410 valence electrons. The minimum atomic E-state index is -4.36. The summed E-state index contributed by atoms with van der Waals surface area (Å²) in [5.41, 5.74) is 0. The number of quaternary nitrogens is 1. The summed E-state index contributed by atoms with van der Waals surface area (Å²) in [5.74, 6) is -0.189. The summed E-state index contributed by atoms with van der Waals surface area (Å²) in [6.45, 7) is 4.77. The van der Waals surface area contributed by atoms with E-state index in [2.05, 4.69) is 67.8 Å². The third-order valence-corrected chi connectivity index (χ3v) is 14.2. The lowest BCUT2D eigenvalue weighted by Gasteiger charge is -2.25. The highest BCUT2D eigenvalue weighted by molar-refractivity contribution is 7.47. The number of aliphatic hydroxyl groups excluding tert-OH is 1. The summed E-state index contributed by atoms with van der Waals surface area (Å²) in [7, 11) is 1.55. The Morgan fingerprint density at radius 1 is 0.486 bits per heavy atom. The number of nitrogens with zero attached hydrogens (tertiary/aromatic N) is 1. The first-order valence-corrected chi connectivity index (χ1v) is 31.2. The third-order valence-electron chi connectivity index (χ3n) is 13.2. The van der Waals surface area contributed by atoms with Crippen LogP contribution in [0.15, 0.2) is 60.8 Å². The van der Waals surface area contributed by atoms with E-state index in [1.807, 2.05) is 27.2 Å². The van der Waals surface area contributed by atoms with Crippen LogP contribution in [-0.2, 0) is 18.4 Å². The summed E-state index contributed by atoms with van der Waals surface area (Å²) < 4.78 is 23.7. The van der Waals surface area contributed by atoms with Crippen LogP contribution in [0.2, 0.25) is 0 Å². The van der Waals surface area contributed by atoms with Crippen molar-refractivity contribution in [2.75, 3.05) is 40.9 Å². The predicted molar refractivity (Wildman–Crippen MR) is 304 cm³/mol. The summed E-state index contributed by atoms with van der Waals surface area (Å²) >= 11 is 0. The first kappa shape index (κ1) is 68.2. The monoisotopic (exact) mass is 1000 g/mol. The molecule has 0 saturated carbocycles. The number of hydrogen-bond acceptors (Lipinski definition) is 5. The van der Waals surface area contributed by atoms with Crippen LogP contribution in [0.5, 0.6) is 0 Å². The molecule has 0 radical (unpaired) electrons. The molecule has 70 heavy (non-hydrogen) atoms. The maximum atomic E-state index is 13.0. The largest absolute Gasteiger partial charge is 0.472 e. The average Bonchev–Trinajstić information content (AvgIpc) is 3.32. The number of aliphatic hydroxyl groups is 1. The van der Waals surface area contributed by atoms with Gasteiger partial charge in [0, 0.05) is 6.42 Å². The smallest absolute Gasteiger partial charge is 0.387 e. The molecule has 0 saturated heterocycles. The highest BCUT2D eigenvalue weighted by Gasteiger charge is 2.27. The quantitative estimate of drug-likeness (QED) is 0.0243. The van der Waals surface area contributed by atoms with Crippen LogP contribution in [-0.4, -0.2) is 73.4 Å². The van der Waals surface area contributed by atoms with Gasteiger partial charge in [0.15, 0.2) is 0 Å². The zero-order valence-electron chi connectivity index (χ0n) is 46.8. The van der Waals surface area contributed by atoms with Gasteiger partial charge in [-0.15, -0.1) is 0 Å². The van der Waals surface area contributed by atoms with Gasteiger partial charge in [-0.3, -0.25) is 13.8 Å². The van der Waals surface area contributed by atoms with E-state index in [0.29, 0.717) is 17.4 Å². The molecule has 0 aliphatic heterocycles. The first-order chi connectivity index (χ1) is 34.0. The summed E-state index contributed by atoms with van der Waals surface area (Å²) in [6.07, 6.45) is 70.6. The van der Waals surface area contributed by atoms with Gasteiger partial charge in [-0.1, -0.05) is 248 Å². The SMILES string of the molecule is CCCCCCC/C=C\C/C=C\CCCCCCCCCCCCCCCCCCCCCCCC(=O)NC(COP(=O)(O)OCC[N+](C)(C)C)C(O)/C=C/CC/C=C/CC/C=C/CCCCCCC. The van der Waals surface area contributed by atoms with E-state index in [9.17, 15) is 19.4 Å². The van der Waals surface area contributed by atoms with Gasteiger partial charge in [0.25, 0.3) is 0 Å². The van der Waals surface area contributed by atoms with Crippen molar-refractivity contribution >= 4 is 13.7 Å². The zero-order valence-corrected chi connectivity index (χ0v) is 47.7. The van der Waals surface area contributed by atoms with Crippen LogP contribution >= 0.6 is 7.82 Å². The third kappa shape index (κ3) is 54.0. The molecule has 0 aromatic carbocycles. The van der Waals surface area contributed by atoms with Crippen molar-refractivity contribution in [3.63, 3.8) is 0 Å². The number of amides is 1. The molecule has 0 aromatic rings. The first-order valence-electron chi connectivity index (χ1n) is 29.7. The molecule has 0 spiro atoms. The van der Waals surface area contributed by atoms with Crippen molar-refractivity contribution in [3.8, 4) is 0 Å². The topological polar surface area (TPSA) is 105 Å². The van der Waals surface area contributed by atoms with E-state index in [1.165, 1.54) is 199 Å². The Bertz CT molecular complexity index is 1320. The molecular formula is C61H116N2O6P+. The molecule has 8 nitrogen and oxygen atoms in total. The Kier molecular flexibility index (Phi) is 50.7. The molecule has 0 rings (SSSR count). The Morgan fingerprint density at radius 3 is 1.23 bits per heavy atom. The van der Waals surface area contributed by atoms with E-state index < -0.39 is 20.0 Å². The molecule has 0 bridgehead atoms. The van der Waals surface area contributed by atoms with Crippen LogP contribution in [0.1, 0.15) is 271 Å². The highest BCUT2D eigenvalue weighted by atomic mass is 31.2. The number of rotatable bonds is 54. The number of phosphoric acid groups is 1. The van der Waals surface area contributed by atoms with Gasteiger partial charge >= 0.3 is 7.82 Å². The van der Waals surface area contributed by atoms with Gasteiger partial charge in [-0.2, -0.15) is 0 Å². The number of phosphoric ester groups is 1. The normalized spacial score (nSPS) is 14.3. The van der Waals surface area contributed by atoms with Crippen molar-refractivity contribution < 1.29 is 32.9 Å². The fourth-order valence-corrected chi connectivity index (χ4v) is 9.25. The lowest BCUT2D eigenvalue weighted by atomic mass is 10.0. The molecular weight excluding hydrogens is 888 g/mol. The number of carbonyl (C=O) groups excluding carboxylic acids is 1. The van der Waals surface area contributed by atoms with E-state index in [1.54, 1.807) is 6.08 Å². The second-order valence-corrected chi connectivity index (χ2v) is 22.8. The Labute approximate surface area is 434 Å². The van der Waals surface area contributed by atoms with Gasteiger partial charge < -0.3 is 19.8 Å². The van der Waals surface area contributed by atoms with Crippen molar-refractivity contribution in [1.82, 2.24) is 5.32 Å². The highest BCUT2D eigenvalue weighted by Crippen LogP contribution is 2.43. The minimum absolute atomic E-state index is 0.0532. The Hall–Kier alpha value is -1.80. The molecule has 1 amide bonds. The number of unbranched alkanes of at least 4 members (excludes halogenated alkanes) is 33. The molecule has 3 unspecified atom stereocenters. The van der Waals surface area contributed by atoms with Crippen molar-refractivity contribution in [3.05, 3.63) is 60.8 Å². The van der Waals surface area contributed by atoms with E-state index in [4.69, 9.17) is 9.05 Å². The van der Waals surface area contributed by atoms with Crippen LogP contribution < -0.4 is 5.32 Å². The second-order valence-electron chi connectivity index (χ2n) is 21.3. The molecule has 0 aromatic heterocycles. The van der Waals surface area contributed by atoms with Crippen LogP contribution in [0.3, 0.4) is 0 Å². The molecule has 0 heterocycles. The van der Waals surface area contributed by atoms with Crippen LogP contribution in [0.25, 0.3) is 0 Å². The van der Waals surface area contributed by atoms with E-state index in [-0.39, 0.29) is 19.1 Å². The average molecular weight is 1000 g/mol. The number of allylic oxidation sites excluding steroid dienone is 9. The van der Waals surface area contributed by atoms with E-state index in [0.717, 1.165) is 51.4 Å². The van der Waals surface area contributed by atoms with Crippen molar-refractivity contribution in [2.24, 2.45) is 0 Å². The van der Waals surface area contributed by atoms with Gasteiger partial charge in [0.2, 0.25) is 5.91 Å². The van der Waals surface area contributed by atoms with Gasteiger partial charge in [-0.05, 0) is 77.0 Å². The maximum Gasteiger partial charge on any atom is 0.472 e. The lowest BCUT2D eigenvalue weighted by Crippen LogP contribution is -2.45. The number of nitrogens with one attached hydrogen (secondary N) is 1. The molecule has 3 atom stereocenters. The molecule has 0 aliphatic carbocycles. The standard InChI is InChI=1S/C61H115N2O6P/c1-6-8-10-12-14-16-18-20-22-23-24-25-26-27-28-29-30-31-32-33-34-35-36-37-38-39-41-43-45-47-49-51-53-55-61(65)62-59(58-69-70(66,67)68-57-56-63(3,4)5)60(64)54-52-50-48-46-44-42-40-21-19-17-15-13-11-9-7-2/h18-21,23-24,44,46,52,54,59-60,64H,6-17,22,25-43,45,47-51,53,55-58H2,1-5H3,(H-,62,65,66,67)/p+1/b20-18-,21-19+,24-23-,46-44+,54-52+. The molecule has 3 N–H and O–H groups in total. The summed E-state index contributed by atoms with van der Waals surface area (Å²) in [5, 5.41) is 13.9. The summed E-state index contributed by atoms with van der Waals surface area (Å²) in [4.78, 5) is 23.3. The number of carbonyl (C=O) groups is 1. The van der Waals surface area contributed by atoms with Crippen LogP contribution in [0, 0.1) is 0 Å². The fourth-order valence-electron chi connectivity index (χ4n) is 8.52. The Balaban J connectivity index is 4.06. The fraction of sp³-hybridized carbons (Fsp3) is 0.820. The van der Waals surface area contributed by atoms with Gasteiger partial charge in [0.1, 0.15) is 13.2 Å². The number of hydrogen-bond donors (Lipinski definition) is 3. The predicted octanol–water partition coefficient (Wildman–Crippen LogP) is 18.1. The lowest BCUT2D eigenvalue weighted by molar-refractivity contribution is -0.870. The van der Waals surface area contributed by atoms with Crippen LogP contribution in [0.4, 0.5) is 0 Å². The van der Waals surface area contributed by atoms with Crippen molar-refractivity contribution in [2.45, 2.75) is 283 Å². The van der Waals surface area contributed by atoms with E-state index >= 15 is 0 Å². The number of likely N-dealkylation sites (N-methyl/N-ethyl adjacent to an activating group) is 1. The van der Waals surface area contributed by atoms with Gasteiger partial charge in [-0.25, -0.2) is 4.57 Å². The second kappa shape index (κ2) is 52.1. The molecule has 9 heteroatoms. The maximum absolute atomic E-state index is 13.0. The zero-order chi connectivity index (χ0) is 51.3. The van der Waals surface area contributed by atoms with Gasteiger partial charge in [0.05, 0.1) is 39.9 Å². The molecule has 0 fully saturated rings. The molecule has 0 aliphatic rings.